The van der Waals surface area contributed by atoms with E-state index in [1.165, 1.54) is 0 Å². The van der Waals surface area contributed by atoms with E-state index < -0.39 is 5.97 Å². The van der Waals surface area contributed by atoms with Crippen molar-refractivity contribution in [1.29, 1.82) is 0 Å². The molecule has 0 fully saturated rings. The van der Waals surface area contributed by atoms with E-state index >= 15 is 0 Å². The third-order valence-corrected chi connectivity index (χ3v) is 1.70. The van der Waals surface area contributed by atoms with Crippen LogP contribution in [0.4, 0.5) is 4.79 Å². The molecule has 0 unspecified atom stereocenters. The first-order valence-corrected chi connectivity index (χ1v) is 4.90. The Morgan fingerprint density at radius 1 is 1.20 bits per heavy atom. The normalized spacial score (nSPS) is 10.1. The molecule has 88 valence electrons. The van der Waals surface area contributed by atoms with Gasteiger partial charge in [0.1, 0.15) is 0 Å². The minimum absolute atomic E-state index is 0.0813. The Morgan fingerprint density at radius 3 is 2.33 bits per heavy atom. The van der Waals surface area contributed by atoms with Crippen LogP contribution in [0.1, 0.15) is 12.8 Å². The number of aliphatic carboxylic acids is 1. The second-order valence-electron chi connectivity index (χ2n) is 3.48. The highest BCUT2D eigenvalue weighted by molar-refractivity contribution is 5.73. The monoisotopic (exact) mass is 217 g/mol. The number of amides is 2. The second-order valence-corrected chi connectivity index (χ2v) is 3.48. The van der Waals surface area contributed by atoms with Crippen LogP contribution in [0.15, 0.2) is 0 Å². The van der Waals surface area contributed by atoms with Crippen LogP contribution in [0.25, 0.3) is 0 Å². The van der Waals surface area contributed by atoms with Gasteiger partial charge in [-0.05, 0) is 20.5 Å². The van der Waals surface area contributed by atoms with E-state index in [1.54, 1.807) is 0 Å². The quantitative estimate of drug-likeness (QED) is 0.512. The van der Waals surface area contributed by atoms with Crippen LogP contribution in [0.3, 0.4) is 0 Å². The lowest BCUT2D eigenvalue weighted by Gasteiger charge is -2.10. The van der Waals surface area contributed by atoms with Crippen molar-refractivity contribution < 1.29 is 14.7 Å². The van der Waals surface area contributed by atoms with Crippen molar-refractivity contribution in [3.05, 3.63) is 0 Å². The van der Waals surface area contributed by atoms with Crippen molar-refractivity contribution >= 4 is 12.0 Å². The molecule has 0 atom stereocenters. The molecule has 6 nitrogen and oxygen atoms in total. The number of likely N-dealkylation sites (N-methyl/N-ethyl adjacent to an activating group) is 1. The maximum atomic E-state index is 11.1. The van der Waals surface area contributed by atoms with Crippen LogP contribution in [0, 0.1) is 0 Å². The fraction of sp³-hybridized carbons (Fsp3) is 0.778. The Hall–Kier alpha value is -1.30. The number of nitrogens with one attached hydrogen (secondary N) is 2. The van der Waals surface area contributed by atoms with E-state index in [-0.39, 0.29) is 12.5 Å². The molecule has 0 aliphatic rings. The molecule has 0 spiro atoms. The number of carboxylic acids is 1. The van der Waals surface area contributed by atoms with Gasteiger partial charge in [0.05, 0.1) is 0 Å². The number of hydrogen-bond donors (Lipinski definition) is 3. The van der Waals surface area contributed by atoms with Crippen LogP contribution in [0.2, 0.25) is 0 Å². The number of rotatable bonds is 7. The molecule has 0 bridgehead atoms. The molecule has 15 heavy (non-hydrogen) atoms. The Balaban J connectivity index is 3.30. The van der Waals surface area contributed by atoms with Gasteiger partial charge >= 0.3 is 12.0 Å². The van der Waals surface area contributed by atoms with Gasteiger partial charge in [0.2, 0.25) is 0 Å². The molecule has 0 aromatic heterocycles. The second kappa shape index (κ2) is 8.05. The largest absolute Gasteiger partial charge is 0.481 e. The predicted octanol–water partition coefficient (Wildman–Crippen LogP) is -0.288. The van der Waals surface area contributed by atoms with Crippen molar-refractivity contribution in [3.8, 4) is 0 Å². The highest BCUT2D eigenvalue weighted by atomic mass is 16.4. The van der Waals surface area contributed by atoms with Gasteiger partial charge in [-0.25, -0.2) is 4.79 Å². The molecule has 2 amide bonds. The van der Waals surface area contributed by atoms with Gasteiger partial charge in [0.25, 0.3) is 0 Å². The molecule has 0 aliphatic carbocycles. The summed E-state index contributed by atoms with van der Waals surface area (Å²) in [7, 11) is 3.85. The van der Waals surface area contributed by atoms with Crippen molar-refractivity contribution in [1.82, 2.24) is 15.5 Å². The van der Waals surface area contributed by atoms with E-state index in [4.69, 9.17) is 5.11 Å². The lowest BCUT2D eigenvalue weighted by Crippen LogP contribution is -2.39. The zero-order valence-electron chi connectivity index (χ0n) is 9.25. The first-order valence-electron chi connectivity index (χ1n) is 4.90. The smallest absolute Gasteiger partial charge is 0.314 e. The molecule has 0 saturated carbocycles. The number of carbonyl (C=O) groups excluding carboxylic acids is 1. The molecule has 6 heteroatoms. The van der Waals surface area contributed by atoms with Gasteiger partial charge in [-0.3, -0.25) is 4.79 Å². The van der Waals surface area contributed by atoms with Crippen LogP contribution in [-0.2, 0) is 4.79 Å². The van der Waals surface area contributed by atoms with Gasteiger partial charge in [0, 0.05) is 26.1 Å². The topological polar surface area (TPSA) is 81.7 Å². The number of nitrogens with zero attached hydrogens (tertiary/aromatic N) is 1. The summed E-state index contributed by atoms with van der Waals surface area (Å²) in [6.45, 7) is 1.75. The molecule has 0 aromatic rings. The van der Waals surface area contributed by atoms with Crippen LogP contribution in [0.5, 0.6) is 0 Å². The van der Waals surface area contributed by atoms with Gasteiger partial charge in [-0.1, -0.05) is 0 Å². The lowest BCUT2D eigenvalue weighted by molar-refractivity contribution is -0.137. The zero-order valence-corrected chi connectivity index (χ0v) is 9.25. The number of carboxylic acid groups (broad SMARTS) is 1. The summed E-state index contributed by atoms with van der Waals surface area (Å²) in [5, 5.41) is 13.6. The van der Waals surface area contributed by atoms with Gasteiger partial charge in [0.15, 0.2) is 0 Å². The minimum atomic E-state index is -0.843. The summed E-state index contributed by atoms with van der Waals surface area (Å²) in [5.74, 6) is -0.843. The standard InChI is InChI=1S/C9H19N3O3/c1-12(2)7-6-11-9(15)10-5-3-4-8(13)14/h3-7H2,1-2H3,(H,13,14)(H2,10,11,15). The number of hydrogen-bond acceptors (Lipinski definition) is 3. The van der Waals surface area contributed by atoms with Crippen molar-refractivity contribution in [2.45, 2.75) is 12.8 Å². The minimum Gasteiger partial charge on any atom is -0.481 e. The molecule has 0 aromatic carbocycles. The van der Waals surface area contributed by atoms with Crippen LogP contribution < -0.4 is 10.6 Å². The third kappa shape index (κ3) is 10.6. The van der Waals surface area contributed by atoms with Crippen LogP contribution >= 0.6 is 0 Å². The Labute approximate surface area is 89.6 Å². The summed E-state index contributed by atoms with van der Waals surface area (Å²) >= 11 is 0. The fourth-order valence-corrected chi connectivity index (χ4v) is 0.897. The SMILES string of the molecule is CN(C)CCNC(=O)NCCCC(=O)O. The molecule has 0 rings (SSSR count). The van der Waals surface area contributed by atoms with E-state index in [0.29, 0.717) is 19.5 Å². The molecular formula is C9H19N3O3. The first-order chi connectivity index (χ1) is 7.02. The molecular weight excluding hydrogens is 198 g/mol. The van der Waals surface area contributed by atoms with Crippen molar-refractivity contribution in [3.63, 3.8) is 0 Å². The molecule has 0 heterocycles. The van der Waals surface area contributed by atoms with Crippen molar-refractivity contribution in [2.24, 2.45) is 0 Å². The van der Waals surface area contributed by atoms with E-state index in [0.717, 1.165) is 6.54 Å². The number of carbonyl (C=O) groups is 2. The molecule has 0 radical (unpaired) electrons. The Bertz CT molecular complexity index is 207. The Morgan fingerprint density at radius 2 is 1.80 bits per heavy atom. The first kappa shape index (κ1) is 13.7. The van der Waals surface area contributed by atoms with E-state index in [2.05, 4.69) is 10.6 Å². The maximum absolute atomic E-state index is 11.1. The highest BCUT2D eigenvalue weighted by Gasteiger charge is 2.00. The summed E-state index contributed by atoms with van der Waals surface area (Å²) in [4.78, 5) is 23.2. The third-order valence-electron chi connectivity index (χ3n) is 1.70. The predicted molar refractivity (Wildman–Crippen MR) is 56.8 cm³/mol. The maximum Gasteiger partial charge on any atom is 0.314 e. The van der Waals surface area contributed by atoms with E-state index in [9.17, 15) is 9.59 Å². The Kier molecular flexibility index (Phi) is 7.35. The number of urea groups is 1. The lowest BCUT2D eigenvalue weighted by atomic mass is 10.3. The summed E-state index contributed by atoms with van der Waals surface area (Å²) in [6, 6.07) is -0.248. The van der Waals surface area contributed by atoms with Gasteiger partial charge < -0.3 is 20.6 Å². The van der Waals surface area contributed by atoms with Gasteiger partial charge in [-0.15, -0.1) is 0 Å². The fourth-order valence-electron chi connectivity index (χ4n) is 0.897. The summed E-state index contributed by atoms with van der Waals surface area (Å²) in [6.07, 6.45) is 0.536. The molecule has 0 saturated heterocycles. The molecule has 3 N–H and O–H groups in total. The van der Waals surface area contributed by atoms with E-state index in [1.807, 2.05) is 19.0 Å². The zero-order chi connectivity index (χ0) is 11.7. The summed E-state index contributed by atoms with van der Waals surface area (Å²) < 4.78 is 0. The summed E-state index contributed by atoms with van der Waals surface area (Å²) in [5.41, 5.74) is 0. The average molecular weight is 217 g/mol. The van der Waals surface area contributed by atoms with Crippen LogP contribution in [-0.4, -0.2) is 55.7 Å². The highest BCUT2D eigenvalue weighted by Crippen LogP contribution is 1.85. The van der Waals surface area contributed by atoms with Gasteiger partial charge in [-0.2, -0.15) is 0 Å². The molecule has 0 aliphatic heterocycles. The average Bonchev–Trinajstić information content (AvgIpc) is 2.11. The van der Waals surface area contributed by atoms with Crippen molar-refractivity contribution in [2.75, 3.05) is 33.7 Å².